The van der Waals surface area contributed by atoms with E-state index in [2.05, 4.69) is 0 Å². The molecule has 3 rings (SSSR count). The number of hydrogen-bond donors (Lipinski definition) is 0. The number of benzene rings is 2. The van der Waals surface area contributed by atoms with E-state index < -0.39 is 0 Å². The number of rotatable bonds is 2. The molecule has 0 radical (unpaired) electrons. The maximum atomic E-state index is 12.3. The van der Waals surface area contributed by atoms with Crippen molar-refractivity contribution in [1.82, 2.24) is 4.90 Å². The average molecular weight is 251 g/mol. The first-order valence-electron chi connectivity index (χ1n) is 6.18. The third kappa shape index (κ3) is 1.83. The van der Waals surface area contributed by atoms with E-state index in [0.29, 0.717) is 17.7 Å². The van der Waals surface area contributed by atoms with Crippen molar-refractivity contribution in [3.8, 4) is 0 Å². The van der Waals surface area contributed by atoms with E-state index in [1.807, 2.05) is 49.4 Å². The van der Waals surface area contributed by atoms with Crippen molar-refractivity contribution in [2.24, 2.45) is 0 Å². The topological polar surface area (TPSA) is 37.4 Å². The zero-order valence-corrected chi connectivity index (χ0v) is 10.6. The minimum Gasteiger partial charge on any atom is -0.270 e. The quantitative estimate of drug-likeness (QED) is 0.770. The number of carbonyl (C=O) groups excluding carboxylic acids is 2. The van der Waals surface area contributed by atoms with Crippen LogP contribution in [0.25, 0.3) is 0 Å². The number of amides is 2. The third-order valence-electron chi connectivity index (χ3n) is 3.39. The van der Waals surface area contributed by atoms with Gasteiger partial charge in [-0.1, -0.05) is 42.5 Å². The van der Waals surface area contributed by atoms with Gasteiger partial charge in [0.2, 0.25) is 0 Å². The Balaban J connectivity index is 1.97. The van der Waals surface area contributed by atoms with E-state index >= 15 is 0 Å². The summed E-state index contributed by atoms with van der Waals surface area (Å²) < 4.78 is 0. The fourth-order valence-electron chi connectivity index (χ4n) is 2.41. The number of hydrogen-bond acceptors (Lipinski definition) is 2. The normalized spacial score (nSPS) is 13.8. The molecule has 3 heteroatoms. The molecule has 2 aromatic rings. The SMILES string of the molecule is Cc1cccc2c1C(=O)N(Cc1ccccc1)C2=O. The fraction of sp³-hybridized carbons (Fsp3) is 0.125. The molecule has 0 saturated carbocycles. The van der Waals surface area contributed by atoms with Crippen molar-refractivity contribution in [3.05, 3.63) is 70.8 Å². The van der Waals surface area contributed by atoms with Gasteiger partial charge in [-0.05, 0) is 24.1 Å². The van der Waals surface area contributed by atoms with Crippen LogP contribution in [0.5, 0.6) is 0 Å². The lowest BCUT2D eigenvalue weighted by Gasteiger charge is -2.13. The van der Waals surface area contributed by atoms with Crippen LogP contribution in [0.3, 0.4) is 0 Å². The summed E-state index contributed by atoms with van der Waals surface area (Å²) in [6, 6.07) is 14.9. The smallest absolute Gasteiger partial charge is 0.262 e. The van der Waals surface area contributed by atoms with Crippen molar-refractivity contribution < 1.29 is 9.59 Å². The molecule has 0 aromatic heterocycles. The molecule has 0 saturated heterocycles. The zero-order valence-electron chi connectivity index (χ0n) is 10.6. The number of carbonyl (C=O) groups is 2. The van der Waals surface area contributed by atoms with Crippen molar-refractivity contribution >= 4 is 11.8 Å². The van der Waals surface area contributed by atoms with Gasteiger partial charge in [0.15, 0.2) is 0 Å². The molecule has 2 aromatic carbocycles. The lowest BCUT2D eigenvalue weighted by molar-refractivity contribution is 0.0642. The molecule has 1 aliphatic heterocycles. The summed E-state index contributed by atoms with van der Waals surface area (Å²) >= 11 is 0. The molecular weight excluding hydrogens is 238 g/mol. The molecule has 0 fully saturated rings. The van der Waals surface area contributed by atoms with Gasteiger partial charge in [-0.3, -0.25) is 14.5 Å². The first-order chi connectivity index (χ1) is 9.18. The van der Waals surface area contributed by atoms with Crippen LogP contribution in [-0.2, 0) is 6.54 Å². The first kappa shape index (κ1) is 11.7. The van der Waals surface area contributed by atoms with E-state index in [4.69, 9.17) is 0 Å². The van der Waals surface area contributed by atoms with Gasteiger partial charge in [-0.25, -0.2) is 0 Å². The standard InChI is InChI=1S/C16H13NO2/c1-11-6-5-9-13-14(11)16(19)17(15(13)18)10-12-7-3-2-4-8-12/h2-9H,10H2,1H3. The van der Waals surface area contributed by atoms with E-state index in [9.17, 15) is 9.59 Å². The second-order valence-electron chi connectivity index (χ2n) is 4.68. The van der Waals surface area contributed by atoms with Gasteiger partial charge >= 0.3 is 0 Å². The van der Waals surface area contributed by atoms with Crippen molar-refractivity contribution in [3.63, 3.8) is 0 Å². The molecule has 2 amide bonds. The minimum absolute atomic E-state index is 0.193. The summed E-state index contributed by atoms with van der Waals surface area (Å²) in [5.74, 6) is -0.394. The Morgan fingerprint density at radius 1 is 0.895 bits per heavy atom. The monoisotopic (exact) mass is 251 g/mol. The summed E-state index contributed by atoms with van der Waals surface area (Å²) in [7, 11) is 0. The first-order valence-corrected chi connectivity index (χ1v) is 6.18. The number of fused-ring (bicyclic) bond motifs is 1. The molecule has 94 valence electrons. The number of nitrogens with zero attached hydrogens (tertiary/aromatic N) is 1. The van der Waals surface area contributed by atoms with Crippen LogP contribution in [0, 0.1) is 6.92 Å². The summed E-state index contributed by atoms with van der Waals surface area (Å²) in [5.41, 5.74) is 2.87. The summed E-state index contributed by atoms with van der Waals surface area (Å²) in [6.07, 6.45) is 0. The molecule has 0 atom stereocenters. The highest BCUT2D eigenvalue weighted by molar-refractivity contribution is 6.21. The van der Waals surface area contributed by atoms with Crippen LogP contribution < -0.4 is 0 Å². The van der Waals surface area contributed by atoms with Gasteiger partial charge in [0, 0.05) is 0 Å². The van der Waals surface area contributed by atoms with E-state index in [1.165, 1.54) is 4.90 Å². The van der Waals surface area contributed by atoms with Crippen molar-refractivity contribution in [2.45, 2.75) is 13.5 Å². The minimum atomic E-state index is -0.201. The van der Waals surface area contributed by atoms with Crippen LogP contribution in [-0.4, -0.2) is 16.7 Å². The number of imide groups is 1. The molecule has 1 heterocycles. The Kier molecular flexibility index (Phi) is 2.67. The largest absolute Gasteiger partial charge is 0.270 e. The Bertz CT molecular complexity index is 662. The highest BCUT2D eigenvalue weighted by Crippen LogP contribution is 2.26. The van der Waals surface area contributed by atoms with E-state index in [1.54, 1.807) is 6.07 Å². The predicted molar refractivity (Wildman–Crippen MR) is 71.8 cm³/mol. The van der Waals surface area contributed by atoms with Crippen LogP contribution in [0.1, 0.15) is 31.8 Å². The van der Waals surface area contributed by atoms with E-state index in [0.717, 1.165) is 11.1 Å². The molecule has 0 N–H and O–H groups in total. The van der Waals surface area contributed by atoms with Crippen LogP contribution in [0.15, 0.2) is 48.5 Å². The Labute approximate surface area is 111 Å². The summed E-state index contributed by atoms with van der Waals surface area (Å²) in [5, 5.41) is 0. The van der Waals surface area contributed by atoms with Crippen LogP contribution in [0.2, 0.25) is 0 Å². The van der Waals surface area contributed by atoms with Gasteiger partial charge in [0.25, 0.3) is 11.8 Å². The Hall–Kier alpha value is -2.42. The zero-order chi connectivity index (χ0) is 13.4. The fourth-order valence-corrected chi connectivity index (χ4v) is 2.41. The van der Waals surface area contributed by atoms with Crippen molar-refractivity contribution in [2.75, 3.05) is 0 Å². The summed E-state index contributed by atoms with van der Waals surface area (Å²) in [6.45, 7) is 2.18. The molecule has 0 aliphatic carbocycles. The molecule has 3 nitrogen and oxygen atoms in total. The van der Waals surface area contributed by atoms with Gasteiger partial charge < -0.3 is 0 Å². The molecule has 0 unspecified atom stereocenters. The lowest BCUT2D eigenvalue weighted by atomic mass is 10.0. The van der Waals surface area contributed by atoms with Gasteiger partial charge in [-0.2, -0.15) is 0 Å². The van der Waals surface area contributed by atoms with Crippen LogP contribution in [0.4, 0.5) is 0 Å². The molecule has 0 bridgehead atoms. The maximum Gasteiger partial charge on any atom is 0.262 e. The lowest BCUT2D eigenvalue weighted by Crippen LogP contribution is -2.29. The third-order valence-corrected chi connectivity index (χ3v) is 3.39. The highest BCUT2D eigenvalue weighted by atomic mass is 16.2. The van der Waals surface area contributed by atoms with Crippen LogP contribution >= 0.6 is 0 Å². The molecule has 0 spiro atoms. The Morgan fingerprint density at radius 3 is 2.32 bits per heavy atom. The summed E-state index contributed by atoms with van der Waals surface area (Å²) in [4.78, 5) is 25.9. The predicted octanol–water partition coefficient (Wildman–Crippen LogP) is 2.79. The van der Waals surface area contributed by atoms with Gasteiger partial charge in [0.05, 0.1) is 17.7 Å². The molecule has 19 heavy (non-hydrogen) atoms. The number of aryl methyl sites for hydroxylation is 1. The van der Waals surface area contributed by atoms with Gasteiger partial charge in [-0.15, -0.1) is 0 Å². The molecule has 1 aliphatic rings. The second-order valence-corrected chi connectivity index (χ2v) is 4.68. The second kappa shape index (κ2) is 4.35. The maximum absolute atomic E-state index is 12.3. The average Bonchev–Trinajstić information content (AvgIpc) is 2.66. The van der Waals surface area contributed by atoms with Crippen molar-refractivity contribution in [1.29, 1.82) is 0 Å². The van der Waals surface area contributed by atoms with E-state index in [-0.39, 0.29) is 11.8 Å². The molecular formula is C16H13NO2. The highest BCUT2D eigenvalue weighted by Gasteiger charge is 2.36. The van der Waals surface area contributed by atoms with Gasteiger partial charge in [0.1, 0.15) is 0 Å². The Morgan fingerprint density at radius 2 is 1.63 bits per heavy atom.